The molecule has 5 heteroatoms. The van der Waals surface area contributed by atoms with Crippen LogP contribution in [0.25, 0.3) is 0 Å². The molecule has 6 atom stereocenters. The van der Waals surface area contributed by atoms with Crippen molar-refractivity contribution in [3.05, 3.63) is 0 Å². The molecule has 4 rings (SSSR count). The van der Waals surface area contributed by atoms with E-state index < -0.39 is 0 Å². The van der Waals surface area contributed by atoms with Crippen LogP contribution in [0.3, 0.4) is 0 Å². The van der Waals surface area contributed by atoms with Gasteiger partial charge >= 0.3 is 0 Å². The van der Waals surface area contributed by atoms with Crippen molar-refractivity contribution in [1.29, 1.82) is 0 Å². The first-order valence-electron chi connectivity index (χ1n) is 9.01. The van der Waals surface area contributed by atoms with Crippen molar-refractivity contribution in [3.8, 4) is 0 Å². The standard InChI is InChI=1S/C17H29N3O2/c1-11-9-20(10-14(11)19-4-6-22-7-5-19)17(21)15-12-2-3-13(8-12)16(15)18/h11-16H,2-10,18H2,1H3. The zero-order chi connectivity index (χ0) is 15.3. The molecule has 2 saturated carbocycles. The third-order valence-electron chi connectivity index (χ3n) is 6.66. The molecule has 0 radical (unpaired) electrons. The molecule has 2 bridgehead atoms. The molecule has 0 aromatic carbocycles. The zero-order valence-electron chi connectivity index (χ0n) is 13.6. The lowest BCUT2D eigenvalue weighted by molar-refractivity contribution is -0.137. The predicted molar refractivity (Wildman–Crippen MR) is 84.2 cm³/mol. The molecule has 2 heterocycles. The Morgan fingerprint density at radius 3 is 2.55 bits per heavy atom. The molecule has 2 saturated heterocycles. The topological polar surface area (TPSA) is 58.8 Å². The molecule has 0 spiro atoms. The number of rotatable bonds is 2. The molecule has 22 heavy (non-hydrogen) atoms. The second kappa shape index (κ2) is 5.77. The zero-order valence-corrected chi connectivity index (χ0v) is 13.6. The van der Waals surface area contributed by atoms with Crippen molar-refractivity contribution in [2.75, 3.05) is 39.4 Å². The van der Waals surface area contributed by atoms with E-state index >= 15 is 0 Å². The minimum absolute atomic E-state index is 0.106. The third kappa shape index (κ3) is 2.38. The van der Waals surface area contributed by atoms with Crippen LogP contribution in [0.1, 0.15) is 26.2 Å². The second-order valence-electron chi connectivity index (χ2n) is 7.87. The van der Waals surface area contributed by atoms with Crippen molar-refractivity contribution < 1.29 is 9.53 Å². The highest BCUT2D eigenvalue weighted by Gasteiger charge is 2.51. The summed E-state index contributed by atoms with van der Waals surface area (Å²) < 4.78 is 5.46. The summed E-state index contributed by atoms with van der Waals surface area (Å²) >= 11 is 0. The maximum absolute atomic E-state index is 13.0. The monoisotopic (exact) mass is 307 g/mol. The number of amides is 1. The summed E-state index contributed by atoms with van der Waals surface area (Å²) in [5, 5.41) is 0. The fraction of sp³-hybridized carbons (Fsp3) is 0.941. The molecule has 4 aliphatic rings. The maximum Gasteiger partial charge on any atom is 0.227 e. The van der Waals surface area contributed by atoms with E-state index in [1.54, 1.807) is 0 Å². The Kier molecular flexibility index (Phi) is 3.91. The van der Waals surface area contributed by atoms with Crippen LogP contribution >= 0.6 is 0 Å². The summed E-state index contributed by atoms with van der Waals surface area (Å²) in [4.78, 5) is 17.7. The average molecular weight is 307 g/mol. The number of morpholine rings is 1. The van der Waals surface area contributed by atoms with Gasteiger partial charge in [-0.3, -0.25) is 9.69 Å². The van der Waals surface area contributed by atoms with Crippen LogP contribution in [-0.2, 0) is 9.53 Å². The van der Waals surface area contributed by atoms with Crippen LogP contribution in [-0.4, -0.2) is 67.2 Å². The summed E-state index contributed by atoms with van der Waals surface area (Å²) in [6.07, 6.45) is 3.64. The molecule has 1 amide bonds. The number of carbonyl (C=O) groups excluding carboxylic acids is 1. The van der Waals surface area contributed by atoms with E-state index in [1.807, 2.05) is 0 Å². The minimum atomic E-state index is 0.106. The van der Waals surface area contributed by atoms with Gasteiger partial charge in [0.1, 0.15) is 0 Å². The lowest BCUT2D eigenvalue weighted by atomic mass is 9.84. The molecule has 0 aromatic rings. The van der Waals surface area contributed by atoms with E-state index in [-0.39, 0.29) is 12.0 Å². The van der Waals surface area contributed by atoms with Gasteiger partial charge in [-0.1, -0.05) is 6.92 Å². The number of carbonyl (C=O) groups is 1. The summed E-state index contributed by atoms with van der Waals surface area (Å²) in [5.41, 5.74) is 6.37. The Balaban J connectivity index is 1.42. The van der Waals surface area contributed by atoms with Gasteiger partial charge in [0, 0.05) is 38.3 Å². The number of likely N-dealkylation sites (tertiary alicyclic amines) is 1. The lowest BCUT2D eigenvalue weighted by Gasteiger charge is -2.34. The van der Waals surface area contributed by atoms with Crippen molar-refractivity contribution in [2.45, 2.75) is 38.3 Å². The van der Waals surface area contributed by atoms with Gasteiger partial charge < -0.3 is 15.4 Å². The number of hydrogen-bond acceptors (Lipinski definition) is 4. The molecule has 2 aliphatic carbocycles. The Hall–Kier alpha value is -0.650. The van der Waals surface area contributed by atoms with Gasteiger partial charge in [0.05, 0.1) is 19.1 Å². The fourth-order valence-corrected chi connectivity index (χ4v) is 5.43. The van der Waals surface area contributed by atoms with Gasteiger partial charge in [-0.15, -0.1) is 0 Å². The van der Waals surface area contributed by atoms with Crippen LogP contribution in [0, 0.1) is 23.7 Å². The van der Waals surface area contributed by atoms with Gasteiger partial charge in [0.15, 0.2) is 0 Å². The van der Waals surface area contributed by atoms with Crippen LogP contribution in [0.2, 0.25) is 0 Å². The van der Waals surface area contributed by atoms with Crippen molar-refractivity contribution >= 4 is 5.91 Å². The van der Waals surface area contributed by atoms with Crippen LogP contribution in [0.5, 0.6) is 0 Å². The summed E-state index contributed by atoms with van der Waals surface area (Å²) in [6.45, 7) is 7.74. The number of fused-ring (bicyclic) bond motifs is 2. The highest BCUT2D eigenvalue weighted by molar-refractivity contribution is 5.81. The van der Waals surface area contributed by atoms with E-state index in [2.05, 4.69) is 16.7 Å². The van der Waals surface area contributed by atoms with E-state index in [0.29, 0.717) is 29.7 Å². The van der Waals surface area contributed by atoms with Crippen LogP contribution in [0.15, 0.2) is 0 Å². The van der Waals surface area contributed by atoms with Gasteiger partial charge in [0.25, 0.3) is 0 Å². The minimum Gasteiger partial charge on any atom is -0.379 e. The highest BCUT2D eigenvalue weighted by Crippen LogP contribution is 2.48. The maximum atomic E-state index is 13.0. The molecule has 2 N–H and O–H groups in total. The Morgan fingerprint density at radius 2 is 1.86 bits per heavy atom. The first kappa shape index (κ1) is 14.9. The number of ether oxygens (including phenoxy) is 1. The van der Waals surface area contributed by atoms with Crippen LogP contribution < -0.4 is 5.73 Å². The first-order valence-corrected chi connectivity index (χ1v) is 9.01. The van der Waals surface area contributed by atoms with Crippen molar-refractivity contribution in [2.24, 2.45) is 29.4 Å². The van der Waals surface area contributed by atoms with Gasteiger partial charge in [-0.05, 0) is 37.0 Å². The number of nitrogens with two attached hydrogens (primary N) is 1. The fourth-order valence-electron chi connectivity index (χ4n) is 5.43. The van der Waals surface area contributed by atoms with E-state index in [9.17, 15) is 4.79 Å². The van der Waals surface area contributed by atoms with E-state index in [4.69, 9.17) is 10.5 Å². The lowest BCUT2D eigenvalue weighted by Crippen LogP contribution is -2.49. The first-order chi connectivity index (χ1) is 10.6. The van der Waals surface area contributed by atoms with E-state index in [1.165, 1.54) is 19.3 Å². The van der Waals surface area contributed by atoms with Crippen molar-refractivity contribution in [3.63, 3.8) is 0 Å². The molecular formula is C17H29N3O2. The highest BCUT2D eigenvalue weighted by atomic mass is 16.5. The molecule has 124 valence electrons. The molecule has 4 fully saturated rings. The van der Waals surface area contributed by atoms with Gasteiger partial charge in [-0.2, -0.15) is 0 Å². The quantitative estimate of drug-likeness (QED) is 0.809. The SMILES string of the molecule is CC1CN(C(=O)C2C3CCC(C3)C2N)CC1N1CCOCC1. The smallest absolute Gasteiger partial charge is 0.227 e. The number of hydrogen-bond donors (Lipinski definition) is 1. The summed E-state index contributed by atoms with van der Waals surface area (Å²) in [6, 6.07) is 0.617. The average Bonchev–Trinajstić information content (AvgIpc) is 3.22. The molecule has 6 unspecified atom stereocenters. The number of nitrogens with zero attached hydrogens (tertiary/aromatic N) is 2. The Labute approximate surface area is 133 Å². The summed E-state index contributed by atoms with van der Waals surface area (Å²) in [5.74, 6) is 2.17. The molecule has 2 aliphatic heterocycles. The third-order valence-corrected chi connectivity index (χ3v) is 6.66. The summed E-state index contributed by atoms with van der Waals surface area (Å²) in [7, 11) is 0. The molecule has 5 nitrogen and oxygen atoms in total. The second-order valence-corrected chi connectivity index (χ2v) is 7.87. The van der Waals surface area contributed by atoms with Crippen molar-refractivity contribution in [1.82, 2.24) is 9.80 Å². The van der Waals surface area contributed by atoms with Gasteiger partial charge in [0.2, 0.25) is 5.91 Å². The Morgan fingerprint density at radius 1 is 1.14 bits per heavy atom. The molecule has 0 aromatic heterocycles. The molecular weight excluding hydrogens is 278 g/mol. The largest absolute Gasteiger partial charge is 0.379 e. The Bertz CT molecular complexity index is 436. The van der Waals surface area contributed by atoms with E-state index in [0.717, 1.165) is 39.4 Å². The predicted octanol–water partition coefficient (Wildman–Crippen LogP) is 0.539. The van der Waals surface area contributed by atoms with Crippen LogP contribution in [0.4, 0.5) is 0 Å². The normalized spacial score (nSPS) is 45.6. The van der Waals surface area contributed by atoms with Gasteiger partial charge in [-0.25, -0.2) is 0 Å².